The third-order valence-electron chi connectivity index (χ3n) is 6.19. The molecule has 31 heavy (non-hydrogen) atoms. The van der Waals surface area contributed by atoms with E-state index in [0.717, 1.165) is 62.2 Å². The van der Waals surface area contributed by atoms with E-state index < -0.39 is 5.60 Å². The fourth-order valence-electron chi connectivity index (χ4n) is 4.63. The van der Waals surface area contributed by atoms with Gasteiger partial charge in [0.15, 0.2) is 0 Å². The number of rotatable bonds is 5. The molecule has 8 nitrogen and oxygen atoms in total. The summed E-state index contributed by atoms with van der Waals surface area (Å²) in [5.41, 5.74) is 1.20. The summed E-state index contributed by atoms with van der Waals surface area (Å²) < 4.78 is 5.87. The van der Waals surface area contributed by atoms with E-state index in [0.29, 0.717) is 19.0 Å². The van der Waals surface area contributed by atoms with Gasteiger partial charge in [-0.05, 0) is 44.9 Å². The zero-order valence-corrected chi connectivity index (χ0v) is 18.8. The standard InChI is InChI=1S/C23H33N5O3/c1-17(2)31-22-20-13-19(5-6-21(20)24-16-25-22)27-11-9-26(10-12-27)14-23(30)7-4-8-28(15-23)18(3)29/h5-6,13,16-17,30H,4,7-12,14-15H2,1-3H3. The summed E-state index contributed by atoms with van der Waals surface area (Å²) in [4.78, 5) is 26.9. The molecule has 0 radical (unpaired) electrons. The van der Waals surface area contributed by atoms with Gasteiger partial charge in [-0.2, -0.15) is 0 Å². The Kier molecular flexibility index (Phi) is 6.29. The summed E-state index contributed by atoms with van der Waals surface area (Å²) >= 11 is 0. The first-order chi connectivity index (χ1) is 14.8. The van der Waals surface area contributed by atoms with Crippen LogP contribution in [0.5, 0.6) is 5.88 Å². The summed E-state index contributed by atoms with van der Waals surface area (Å²) in [5, 5.41) is 12.0. The molecule has 3 heterocycles. The molecule has 2 saturated heterocycles. The minimum atomic E-state index is -0.810. The first kappa shape index (κ1) is 21.8. The first-order valence-corrected chi connectivity index (χ1v) is 11.2. The van der Waals surface area contributed by atoms with Crippen LogP contribution < -0.4 is 9.64 Å². The summed E-state index contributed by atoms with van der Waals surface area (Å²) in [7, 11) is 0. The van der Waals surface area contributed by atoms with Gasteiger partial charge in [-0.15, -0.1) is 0 Å². The van der Waals surface area contributed by atoms with E-state index in [2.05, 4.69) is 31.9 Å². The molecule has 0 saturated carbocycles. The highest BCUT2D eigenvalue weighted by Gasteiger charge is 2.36. The number of carbonyl (C=O) groups excluding carboxylic acids is 1. The number of likely N-dealkylation sites (tertiary alicyclic amines) is 1. The van der Waals surface area contributed by atoms with E-state index >= 15 is 0 Å². The lowest BCUT2D eigenvalue weighted by Crippen LogP contribution is -2.58. The van der Waals surface area contributed by atoms with Crippen molar-refractivity contribution in [3.8, 4) is 5.88 Å². The number of β-amino-alcohol motifs (C(OH)–C–C–N with tert-alkyl or cyclic N) is 1. The van der Waals surface area contributed by atoms with Gasteiger partial charge in [-0.1, -0.05) is 0 Å². The topological polar surface area (TPSA) is 82.0 Å². The molecule has 1 atom stereocenters. The second-order valence-corrected chi connectivity index (χ2v) is 9.08. The maximum Gasteiger partial charge on any atom is 0.224 e. The predicted molar refractivity (Wildman–Crippen MR) is 120 cm³/mol. The molecule has 1 unspecified atom stereocenters. The Labute approximate surface area is 183 Å². The Bertz CT molecular complexity index is 929. The Balaban J connectivity index is 1.40. The number of piperazine rings is 1. The Morgan fingerprint density at radius 2 is 1.97 bits per heavy atom. The molecule has 168 valence electrons. The number of ether oxygens (including phenoxy) is 1. The van der Waals surface area contributed by atoms with Crippen molar-refractivity contribution >= 4 is 22.5 Å². The number of benzene rings is 1. The molecule has 1 aromatic carbocycles. The number of nitrogens with zero attached hydrogens (tertiary/aromatic N) is 5. The van der Waals surface area contributed by atoms with Crippen molar-refractivity contribution in [1.82, 2.24) is 19.8 Å². The van der Waals surface area contributed by atoms with Gasteiger partial charge >= 0.3 is 0 Å². The number of carbonyl (C=O) groups is 1. The molecule has 4 rings (SSSR count). The van der Waals surface area contributed by atoms with Crippen molar-refractivity contribution < 1.29 is 14.6 Å². The molecular formula is C23H33N5O3. The van der Waals surface area contributed by atoms with Crippen LogP contribution in [0.1, 0.15) is 33.6 Å². The number of aromatic nitrogens is 2. The zero-order chi connectivity index (χ0) is 22.0. The molecule has 2 fully saturated rings. The van der Waals surface area contributed by atoms with Crippen LogP contribution in [0.4, 0.5) is 5.69 Å². The van der Waals surface area contributed by atoms with Gasteiger partial charge < -0.3 is 19.6 Å². The van der Waals surface area contributed by atoms with Gasteiger partial charge in [0.25, 0.3) is 0 Å². The molecule has 0 aliphatic carbocycles. The summed E-state index contributed by atoms with van der Waals surface area (Å²) in [5.74, 6) is 0.666. The van der Waals surface area contributed by atoms with Crippen LogP contribution in [-0.2, 0) is 4.79 Å². The van der Waals surface area contributed by atoms with Crippen molar-refractivity contribution in [2.24, 2.45) is 0 Å². The van der Waals surface area contributed by atoms with Crippen LogP contribution in [0.25, 0.3) is 10.9 Å². The van der Waals surface area contributed by atoms with Crippen LogP contribution >= 0.6 is 0 Å². The zero-order valence-electron chi connectivity index (χ0n) is 18.8. The Morgan fingerprint density at radius 3 is 2.68 bits per heavy atom. The van der Waals surface area contributed by atoms with Crippen molar-refractivity contribution in [1.29, 1.82) is 0 Å². The van der Waals surface area contributed by atoms with Crippen LogP contribution in [0.3, 0.4) is 0 Å². The van der Waals surface area contributed by atoms with Crippen molar-refractivity contribution in [2.45, 2.75) is 45.3 Å². The number of piperidine rings is 1. The number of anilines is 1. The normalized spacial score (nSPS) is 22.9. The van der Waals surface area contributed by atoms with Gasteiger partial charge in [0, 0.05) is 51.9 Å². The maximum absolute atomic E-state index is 11.7. The number of hydrogen-bond donors (Lipinski definition) is 1. The van der Waals surface area contributed by atoms with Gasteiger partial charge in [-0.3, -0.25) is 9.69 Å². The predicted octanol–water partition coefficient (Wildman–Crippen LogP) is 1.91. The molecule has 0 bridgehead atoms. The molecule has 1 aromatic heterocycles. The molecule has 8 heteroatoms. The van der Waals surface area contributed by atoms with Crippen molar-refractivity contribution in [2.75, 3.05) is 50.7 Å². The van der Waals surface area contributed by atoms with E-state index in [1.807, 2.05) is 19.9 Å². The van der Waals surface area contributed by atoms with Gasteiger partial charge in [0.05, 0.1) is 29.2 Å². The molecule has 2 aliphatic heterocycles. The second kappa shape index (κ2) is 8.96. The lowest BCUT2D eigenvalue weighted by molar-refractivity contribution is -0.137. The quantitative estimate of drug-likeness (QED) is 0.781. The minimum absolute atomic E-state index is 0.0454. The number of hydrogen-bond acceptors (Lipinski definition) is 7. The fraction of sp³-hybridized carbons (Fsp3) is 0.609. The molecule has 1 N–H and O–H groups in total. The van der Waals surface area contributed by atoms with E-state index in [4.69, 9.17) is 4.74 Å². The Hall–Kier alpha value is -2.45. The van der Waals surface area contributed by atoms with Crippen LogP contribution in [0, 0.1) is 0 Å². The smallest absolute Gasteiger partial charge is 0.224 e. The third kappa shape index (κ3) is 5.07. The number of aliphatic hydroxyl groups is 1. The summed E-state index contributed by atoms with van der Waals surface area (Å²) in [6.45, 7) is 10.9. The average molecular weight is 428 g/mol. The maximum atomic E-state index is 11.7. The highest BCUT2D eigenvalue weighted by molar-refractivity contribution is 5.86. The van der Waals surface area contributed by atoms with Gasteiger partial charge in [-0.25, -0.2) is 9.97 Å². The number of fused-ring (bicyclic) bond motifs is 1. The summed E-state index contributed by atoms with van der Waals surface area (Å²) in [6, 6.07) is 6.23. The van der Waals surface area contributed by atoms with Gasteiger partial charge in [0.1, 0.15) is 6.33 Å². The van der Waals surface area contributed by atoms with E-state index in [1.54, 1.807) is 18.2 Å². The molecule has 1 amide bonds. The van der Waals surface area contributed by atoms with Crippen molar-refractivity contribution in [3.05, 3.63) is 24.5 Å². The largest absolute Gasteiger partial charge is 0.474 e. The highest BCUT2D eigenvalue weighted by Crippen LogP contribution is 2.29. The SMILES string of the molecule is CC(=O)N1CCCC(O)(CN2CCN(c3ccc4ncnc(OC(C)C)c4c3)CC2)C1. The van der Waals surface area contributed by atoms with Crippen molar-refractivity contribution in [3.63, 3.8) is 0 Å². The Morgan fingerprint density at radius 1 is 1.19 bits per heavy atom. The number of amides is 1. The van der Waals surface area contributed by atoms with Crippen LogP contribution in [0.15, 0.2) is 24.5 Å². The van der Waals surface area contributed by atoms with E-state index in [-0.39, 0.29) is 12.0 Å². The lowest BCUT2D eigenvalue weighted by Gasteiger charge is -2.44. The van der Waals surface area contributed by atoms with E-state index in [9.17, 15) is 9.90 Å². The average Bonchev–Trinajstić information content (AvgIpc) is 2.73. The van der Waals surface area contributed by atoms with Gasteiger partial charge in [0.2, 0.25) is 11.8 Å². The second-order valence-electron chi connectivity index (χ2n) is 9.08. The fourth-order valence-corrected chi connectivity index (χ4v) is 4.63. The minimum Gasteiger partial charge on any atom is -0.474 e. The molecule has 0 spiro atoms. The monoisotopic (exact) mass is 427 g/mol. The lowest BCUT2D eigenvalue weighted by atomic mass is 9.92. The third-order valence-corrected chi connectivity index (χ3v) is 6.19. The van der Waals surface area contributed by atoms with E-state index in [1.165, 1.54) is 0 Å². The first-order valence-electron chi connectivity index (χ1n) is 11.2. The van der Waals surface area contributed by atoms with Crippen LogP contribution in [0.2, 0.25) is 0 Å². The molecular weight excluding hydrogens is 394 g/mol. The molecule has 2 aromatic rings. The van der Waals surface area contributed by atoms with Crippen LogP contribution in [-0.4, -0.2) is 88.3 Å². The molecule has 2 aliphatic rings. The summed E-state index contributed by atoms with van der Waals surface area (Å²) in [6.07, 6.45) is 3.20. The highest BCUT2D eigenvalue weighted by atomic mass is 16.5.